The number of hydrogen-bond acceptors (Lipinski definition) is 6. The van der Waals surface area contributed by atoms with Crippen LogP contribution < -0.4 is 5.32 Å². The van der Waals surface area contributed by atoms with Crippen molar-refractivity contribution in [3.05, 3.63) is 99.4 Å². The summed E-state index contributed by atoms with van der Waals surface area (Å²) in [6.45, 7) is 2.39. The number of nitrogens with one attached hydrogen (secondary N) is 1. The number of para-hydroxylation sites is 1. The van der Waals surface area contributed by atoms with E-state index < -0.39 is 5.97 Å². The Labute approximate surface area is 202 Å². The molecule has 0 saturated carbocycles. The normalized spacial score (nSPS) is 13.4. The Kier molecular flexibility index (Phi) is 6.65. The SMILES string of the molecule is O=C(COC(=O)c1c2c(nc3ccccc13)CCN(Cc1ccccc1)C2)NCc1cccs1. The number of carbonyl (C=O) groups is 2. The van der Waals surface area contributed by atoms with Gasteiger partial charge in [0.25, 0.3) is 5.91 Å². The van der Waals surface area contributed by atoms with Crippen molar-refractivity contribution in [1.29, 1.82) is 0 Å². The highest BCUT2D eigenvalue weighted by Crippen LogP contribution is 2.29. The molecule has 0 bridgehead atoms. The second kappa shape index (κ2) is 10.2. The molecule has 2 aromatic heterocycles. The molecule has 0 fully saturated rings. The molecule has 0 radical (unpaired) electrons. The van der Waals surface area contributed by atoms with Crippen molar-refractivity contribution in [3.63, 3.8) is 0 Å². The van der Waals surface area contributed by atoms with Crippen LogP contribution in [0.5, 0.6) is 0 Å². The zero-order chi connectivity index (χ0) is 23.3. The molecule has 0 spiro atoms. The number of ether oxygens (including phenoxy) is 1. The van der Waals surface area contributed by atoms with E-state index in [2.05, 4.69) is 22.3 Å². The molecule has 6 nitrogen and oxygen atoms in total. The molecule has 0 aliphatic carbocycles. The summed E-state index contributed by atoms with van der Waals surface area (Å²) in [5, 5.41) is 5.51. The van der Waals surface area contributed by atoms with Crippen LogP contribution in [0.2, 0.25) is 0 Å². The molecule has 2 aromatic carbocycles. The van der Waals surface area contributed by atoms with E-state index in [-0.39, 0.29) is 12.5 Å². The van der Waals surface area contributed by atoms with E-state index in [9.17, 15) is 9.59 Å². The number of carbonyl (C=O) groups excluding carboxylic acids is 2. The molecule has 5 rings (SSSR count). The van der Waals surface area contributed by atoms with Gasteiger partial charge in [0.1, 0.15) is 0 Å². The number of nitrogens with zero attached hydrogens (tertiary/aromatic N) is 2. The first-order chi connectivity index (χ1) is 16.7. The molecule has 1 aliphatic heterocycles. The Morgan fingerprint density at radius 1 is 1.03 bits per heavy atom. The standard InChI is InChI=1S/C27H25N3O3S/c31-25(28-15-20-9-6-14-34-20)18-33-27(32)26-21-10-4-5-11-23(21)29-24-12-13-30(17-22(24)26)16-19-7-2-1-3-8-19/h1-11,14H,12-13,15-18H2,(H,28,31). The minimum absolute atomic E-state index is 0.316. The predicted molar refractivity (Wildman–Crippen MR) is 132 cm³/mol. The van der Waals surface area contributed by atoms with Crippen LogP contribution in [-0.2, 0) is 35.6 Å². The van der Waals surface area contributed by atoms with Gasteiger partial charge in [-0.2, -0.15) is 0 Å². The third-order valence-corrected chi connectivity index (χ3v) is 6.83. The first-order valence-corrected chi connectivity index (χ1v) is 12.2. The molecule has 0 atom stereocenters. The Morgan fingerprint density at radius 3 is 2.68 bits per heavy atom. The number of thiophene rings is 1. The van der Waals surface area contributed by atoms with Gasteiger partial charge in [0.05, 0.1) is 17.6 Å². The molecular weight excluding hydrogens is 446 g/mol. The van der Waals surface area contributed by atoms with E-state index in [0.717, 1.165) is 46.5 Å². The molecular formula is C27H25N3O3S. The third-order valence-electron chi connectivity index (χ3n) is 5.95. The lowest BCUT2D eigenvalue weighted by Gasteiger charge is -2.30. The van der Waals surface area contributed by atoms with Gasteiger partial charge in [-0.3, -0.25) is 14.7 Å². The van der Waals surface area contributed by atoms with Crippen LogP contribution in [0.25, 0.3) is 10.9 Å². The average molecular weight is 472 g/mol. The number of aromatic nitrogens is 1. The van der Waals surface area contributed by atoms with E-state index in [0.29, 0.717) is 18.7 Å². The van der Waals surface area contributed by atoms with Crippen LogP contribution in [0.15, 0.2) is 72.1 Å². The van der Waals surface area contributed by atoms with Crippen molar-refractivity contribution >= 4 is 34.1 Å². The summed E-state index contributed by atoms with van der Waals surface area (Å²) in [6.07, 6.45) is 0.759. The fourth-order valence-corrected chi connectivity index (χ4v) is 4.95. The van der Waals surface area contributed by atoms with Crippen molar-refractivity contribution in [2.75, 3.05) is 13.2 Å². The molecule has 0 saturated heterocycles. The maximum absolute atomic E-state index is 13.3. The number of benzene rings is 2. The monoisotopic (exact) mass is 471 g/mol. The van der Waals surface area contributed by atoms with Gasteiger partial charge in [-0.1, -0.05) is 54.6 Å². The fourth-order valence-electron chi connectivity index (χ4n) is 4.31. The Bertz CT molecular complexity index is 1310. The molecule has 1 aliphatic rings. The zero-order valence-electron chi connectivity index (χ0n) is 18.7. The summed E-state index contributed by atoms with van der Waals surface area (Å²) in [6, 6.07) is 21.8. The van der Waals surface area contributed by atoms with Gasteiger partial charge in [0.15, 0.2) is 6.61 Å². The van der Waals surface area contributed by atoms with Crippen LogP contribution in [0.1, 0.15) is 32.1 Å². The molecule has 4 aromatic rings. The van der Waals surface area contributed by atoms with Gasteiger partial charge in [-0.15, -0.1) is 11.3 Å². The smallest absolute Gasteiger partial charge is 0.339 e. The van der Waals surface area contributed by atoms with Crippen LogP contribution in [0.4, 0.5) is 0 Å². The van der Waals surface area contributed by atoms with E-state index >= 15 is 0 Å². The number of pyridine rings is 1. The van der Waals surface area contributed by atoms with Crippen molar-refractivity contribution in [2.24, 2.45) is 0 Å². The molecule has 34 heavy (non-hydrogen) atoms. The number of hydrogen-bond donors (Lipinski definition) is 1. The lowest BCUT2D eigenvalue weighted by molar-refractivity contribution is -0.124. The summed E-state index contributed by atoms with van der Waals surface area (Å²) in [7, 11) is 0. The van der Waals surface area contributed by atoms with Gasteiger partial charge in [0.2, 0.25) is 0 Å². The Hall–Kier alpha value is -3.55. The number of rotatable bonds is 7. The molecule has 172 valence electrons. The zero-order valence-corrected chi connectivity index (χ0v) is 19.5. The minimum Gasteiger partial charge on any atom is -0.452 e. The highest BCUT2D eigenvalue weighted by molar-refractivity contribution is 7.09. The summed E-state index contributed by atoms with van der Waals surface area (Å²) in [4.78, 5) is 33.8. The first kappa shape index (κ1) is 22.3. The number of fused-ring (bicyclic) bond motifs is 2. The lowest BCUT2D eigenvalue weighted by atomic mass is 9.95. The molecule has 0 unspecified atom stereocenters. The highest BCUT2D eigenvalue weighted by atomic mass is 32.1. The summed E-state index contributed by atoms with van der Waals surface area (Å²) in [5.41, 5.74) is 4.34. The molecule has 3 heterocycles. The van der Waals surface area contributed by atoms with E-state index in [1.165, 1.54) is 5.56 Å². The van der Waals surface area contributed by atoms with Crippen LogP contribution >= 0.6 is 11.3 Å². The average Bonchev–Trinajstić information content (AvgIpc) is 3.39. The maximum Gasteiger partial charge on any atom is 0.339 e. The largest absolute Gasteiger partial charge is 0.452 e. The van der Waals surface area contributed by atoms with E-state index in [1.54, 1.807) is 11.3 Å². The summed E-state index contributed by atoms with van der Waals surface area (Å²) in [5.74, 6) is -0.803. The number of esters is 1. The lowest BCUT2D eigenvalue weighted by Crippen LogP contribution is -2.33. The van der Waals surface area contributed by atoms with Crippen LogP contribution in [0.3, 0.4) is 0 Å². The summed E-state index contributed by atoms with van der Waals surface area (Å²) < 4.78 is 5.49. The maximum atomic E-state index is 13.3. The van der Waals surface area contributed by atoms with E-state index in [4.69, 9.17) is 9.72 Å². The third kappa shape index (κ3) is 5.00. The van der Waals surface area contributed by atoms with Crippen molar-refractivity contribution in [1.82, 2.24) is 15.2 Å². The first-order valence-electron chi connectivity index (χ1n) is 11.3. The number of amides is 1. The van der Waals surface area contributed by atoms with Crippen molar-refractivity contribution < 1.29 is 14.3 Å². The van der Waals surface area contributed by atoms with E-state index in [1.807, 2.05) is 60.0 Å². The summed E-state index contributed by atoms with van der Waals surface area (Å²) >= 11 is 1.57. The van der Waals surface area contributed by atoms with Gasteiger partial charge in [0, 0.05) is 47.6 Å². The van der Waals surface area contributed by atoms with Gasteiger partial charge in [-0.25, -0.2) is 4.79 Å². The van der Waals surface area contributed by atoms with Crippen molar-refractivity contribution in [2.45, 2.75) is 26.1 Å². The quantitative estimate of drug-likeness (QED) is 0.406. The molecule has 1 N–H and O–H groups in total. The highest BCUT2D eigenvalue weighted by Gasteiger charge is 2.27. The topological polar surface area (TPSA) is 71.5 Å². The second-order valence-corrected chi connectivity index (χ2v) is 9.34. The molecule has 1 amide bonds. The fraction of sp³-hybridized carbons (Fsp3) is 0.222. The van der Waals surface area contributed by atoms with Gasteiger partial charge < -0.3 is 10.1 Å². The van der Waals surface area contributed by atoms with Crippen LogP contribution in [0, 0.1) is 0 Å². The van der Waals surface area contributed by atoms with Gasteiger partial charge >= 0.3 is 5.97 Å². The predicted octanol–water partition coefficient (Wildman–Crippen LogP) is 4.33. The van der Waals surface area contributed by atoms with Crippen LogP contribution in [-0.4, -0.2) is 34.9 Å². The Balaban J connectivity index is 1.35. The Morgan fingerprint density at radius 2 is 1.85 bits per heavy atom. The minimum atomic E-state index is -0.484. The second-order valence-electron chi connectivity index (χ2n) is 8.31. The molecule has 7 heteroatoms. The van der Waals surface area contributed by atoms with Crippen molar-refractivity contribution in [3.8, 4) is 0 Å². The van der Waals surface area contributed by atoms with Gasteiger partial charge in [-0.05, 0) is 23.1 Å².